The summed E-state index contributed by atoms with van der Waals surface area (Å²) in [6.07, 6.45) is 3.06. The Morgan fingerprint density at radius 3 is 2.93 bits per heavy atom. The lowest BCUT2D eigenvalue weighted by Crippen LogP contribution is -2.16. The van der Waals surface area contributed by atoms with E-state index in [2.05, 4.69) is 26.6 Å². The van der Waals surface area contributed by atoms with Crippen LogP contribution in [-0.4, -0.2) is 30.3 Å². The summed E-state index contributed by atoms with van der Waals surface area (Å²) in [5.41, 5.74) is 8.06. The monoisotopic (exact) mass is 358 g/mol. The van der Waals surface area contributed by atoms with Crippen LogP contribution in [0.4, 0.5) is 11.6 Å². The van der Waals surface area contributed by atoms with Crippen molar-refractivity contribution in [2.24, 2.45) is 0 Å². The SMILES string of the molecule is Cc1cc(NC(=O)c2cnn3ccc(N)nc23)n(-c2ccccc2C#N)n1. The van der Waals surface area contributed by atoms with Crippen LogP contribution in [0.15, 0.2) is 48.8 Å². The summed E-state index contributed by atoms with van der Waals surface area (Å²) in [6.45, 7) is 1.80. The maximum atomic E-state index is 12.8. The van der Waals surface area contributed by atoms with Crippen LogP contribution in [-0.2, 0) is 0 Å². The molecular weight excluding hydrogens is 344 g/mol. The second-order valence-electron chi connectivity index (χ2n) is 5.84. The third kappa shape index (κ3) is 2.85. The first-order valence-corrected chi connectivity index (χ1v) is 8.04. The molecule has 4 rings (SSSR count). The molecule has 1 amide bonds. The summed E-state index contributed by atoms with van der Waals surface area (Å²) in [5, 5.41) is 20.7. The Bertz CT molecular complexity index is 1210. The van der Waals surface area contributed by atoms with E-state index in [0.717, 1.165) is 0 Å². The number of nitriles is 1. The molecule has 3 heterocycles. The molecular formula is C18H14N8O. The minimum absolute atomic E-state index is 0.279. The topological polar surface area (TPSA) is 127 Å². The number of anilines is 2. The van der Waals surface area contributed by atoms with Gasteiger partial charge in [-0.15, -0.1) is 0 Å². The highest BCUT2D eigenvalue weighted by Crippen LogP contribution is 2.21. The van der Waals surface area contributed by atoms with Gasteiger partial charge >= 0.3 is 0 Å². The summed E-state index contributed by atoms with van der Waals surface area (Å²) in [5.74, 6) is 0.322. The van der Waals surface area contributed by atoms with Gasteiger partial charge in [0.1, 0.15) is 23.3 Å². The Morgan fingerprint density at radius 2 is 2.11 bits per heavy atom. The van der Waals surface area contributed by atoms with Gasteiger partial charge in [0.2, 0.25) is 0 Å². The van der Waals surface area contributed by atoms with Gasteiger partial charge < -0.3 is 11.1 Å². The van der Waals surface area contributed by atoms with Crippen molar-refractivity contribution < 1.29 is 4.79 Å². The number of para-hydroxylation sites is 1. The van der Waals surface area contributed by atoms with Crippen LogP contribution < -0.4 is 11.1 Å². The van der Waals surface area contributed by atoms with Crippen LogP contribution in [0.2, 0.25) is 0 Å². The summed E-state index contributed by atoms with van der Waals surface area (Å²) in [6, 6.07) is 12.5. The van der Waals surface area contributed by atoms with Crippen LogP contribution in [0.3, 0.4) is 0 Å². The number of carbonyl (C=O) groups excluding carboxylic acids is 1. The van der Waals surface area contributed by atoms with E-state index in [1.165, 1.54) is 15.4 Å². The van der Waals surface area contributed by atoms with Crippen molar-refractivity contribution in [2.45, 2.75) is 6.92 Å². The second kappa shape index (κ2) is 6.27. The molecule has 0 saturated heterocycles. The Morgan fingerprint density at radius 1 is 1.30 bits per heavy atom. The molecule has 3 aromatic heterocycles. The second-order valence-corrected chi connectivity index (χ2v) is 5.84. The molecule has 0 bridgehead atoms. The van der Waals surface area contributed by atoms with E-state index in [1.807, 2.05) is 0 Å². The predicted molar refractivity (Wildman–Crippen MR) is 98.4 cm³/mol. The summed E-state index contributed by atoms with van der Waals surface area (Å²) < 4.78 is 3.00. The number of aryl methyl sites for hydroxylation is 1. The first-order valence-electron chi connectivity index (χ1n) is 8.04. The number of hydrogen-bond donors (Lipinski definition) is 2. The number of hydrogen-bond acceptors (Lipinski definition) is 6. The molecule has 0 fully saturated rings. The van der Waals surface area contributed by atoms with Gasteiger partial charge in [0.25, 0.3) is 5.91 Å². The van der Waals surface area contributed by atoms with Gasteiger partial charge in [0.15, 0.2) is 5.65 Å². The summed E-state index contributed by atoms with van der Waals surface area (Å²) in [4.78, 5) is 17.0. The van der Waals surface area contributed by atoms with E-state index < -0.39 is 5.91 Å². The van der Waals surface area contributed by atoms with Gasteiger partial charge in [0.05, 0.1) is 23.1 Å². The number of nitrogens with zero attached hydrogens (tertiary/aromatic N) is 6. The van der Waals surface area contributed by atoms with E-state index in [0.29, 0.717) is 34.2 Å². The average molecular weight is 358 g/mol. The first kappa shape index (κ1) is 16.3. The van der Waals surface area contributed by atoms with E-state index in [4.69, 9.17) is 5.73 Å². The molecule has 0 spiro atoms. The highest BCUT2D eigenvalue weighted by molar-refractivity contribution is 6.08. The third-order valence-corrected chi connectivity index (χ3v) is 3.96. The first-order chi connectivity index (χ1) is 13.1. The lowest BCUT2D eigenvalue weighted by Gasteiger charge is -2.09. The molecule has 0 atom stereocenters. The van der Waals surface area contributed by atoms with Crippen molar-refractivity contribution in [3.8, 4) is 11.8 Å². The van der Waals surface area contributed by atoms with E-state index in [-0.39, 0.29) is 5.56 Å². The predicted octanol–water partition coefficient (Wildman–Crippen LogP) is 1.93. The quantitative estimate of drug-likeness (QED) is 0.576. The van der Waals surface area contributed by atoms with Crippen molar-refractivity contribution in [3.05, 3.63) is 65.6 Å². The smallest absolute Gasteiger partial charge is 0.262 e. The maximum absolute atomic E-state index is 12.8. The fraction of sp³-hybridized carbons (Fsp3) is 0.0556. The number of fused-ring (bicyclic) bond motifs is 1. The number of nitrogens with one attached hydrogen (secondary N) is 1. The summed E-state index contributed by atoms with van der Waals surface area (Å²) in [7, 11) is 0. The minimum atomic E-state index is -0.404. The minimum Gasteiger partial charge on any atom is -0.384 e. The largest absolute Gasteiger partial charge is 0.384 e. The number of benzene rings is 1. The molecule has 0 aliphatic heterocycles. The molecule has 9 heteroatoms. The molecule has 0 unspecified atom stereocenters. The van der Waals surface area contributed by atoms with E-state index in [9.17, 15) is 10.1 Å². The van der Waals surface area contributed by atoms with Crippen molar-refractivity contribution in [2.75, 3.05) is 11.1 Å². The number of nitrogens with two attached hydrogens (primary N) is 1. The van der Waals surface area contributed by atoms with Crippen LogP contribution in [0, 0.1) is 18.3 Å². The lowest BCUT2D eigenvalue weighted by molar-refractivity contribution is 0.102. The number of amides is 1. The van der Waals surface area contributed by atoms with Crippen LogP contribution in [0.1, 0.15) is 21.6 Å². The molecule has 4 aromatic rings. The molecule has 1 aromatic carbocycles. The van der Waals surface area contributed by atoms with Gasteiger partial charge in [-0.25, -0.2) is 14.2 Å². The van der Waals surface area contributed by atoms with E-state index in [1.54, 1.807) is 49.5 Å². The Balaban J connectivity index is 1.74. The van der Waals surface area contributed by atoms with Gasteiger partial charge in [-0.3, -0.25) is 4.79 Å². The van der Waals surface area contributed by atoms with Gasteiger partial charge in [-0.05, 0) is 25.1 Å². The Hall–Kier alpha value is -4.19. The van der Waals surface area contributed by atoms with Crippen molar-refractivity contribution in [1.29, 1.82) is 5.26 Å². The molecule has 0 radical (unpaired) electrons. The van der Waals surface area contributed by atoms with Crippen molar-refractivity contribution in [1.82, 2.24) is 24.4 Å². The number of rotatable bonds is 3. The molecule has 0 aliphatic carbocycles. The Labute approximate surface area is 153 Å². The molecule has 0 aliphatic rings. The fourth-order valence-corrected chi connectivity index (χ4v) is 2.75. The van der Waals surface area contributed by atoms with Gasteiger partial charge in [-0.2, -0.15) is 15.5 Å². The normalized spacial score (nSPS) is 10.7. The molecule has 9 nitrogen and oxygen atoms in total. The lowest BCUT2D eigenvalue weighted by atomic mass is 10.2. The van der Waals surface area contributed by atoms with Crippen LogP contribution >= 0.6 is 0 Å². The number of nitrogen functional groups attached to an aromatic ring is 1. The van der Waals surface area contributed by atoms with Crippen molar-refractivity contribution in [3.63, 3.8) is 0 Å². The fourth-order valence-electron chi connectivity index (χ4n) is 2.75. The third-order valence-electron chi connectivity index (χ3n) is 3.96. The molecule has 27 heavy (non-hydrogen) atoms. The number of carbonyl (C=O) groups is 1. The zero-order chi connectivity index (χ0) is 19.0. The standard InChI is InChI=1S/C18H14N8O/c1-11-8-16(26(24-11)14-5-3-2-4-12(14)9-19)23-18(27)13-10-21-25-7-6-15(20)22-17(13)25/h2-8,10H,1H3,(H2,20,22)(H,23,27). The number of aromatic nitrogens is 5. The highest BCUT2D eigenvalue weighted by atomic mass is 16.1. The highest BCUT2D eigenvalue weighted by Gasteiger charge is 2.18. The summed E-state index contributed by atoms with van der Waals surface area (Å²) >= 11 is 0. The zero-order valence-electron chi connectivity index (χ0n) is 14.3. The van der Waals surface area contributed by atoms with Crippen LogP contribution in [0.5, 0.6) is 0 Å². The molecule has 3 N–H and O–H groups in total. The van der Waals surface area contributed by atoms with Gasteiger partial charge in [-0.1, -0.05) is 12.1 Å². The Kier molecular flexibility index (Phi) is 3.78. The van der Waals surface area contributed by atoms with E-state index >= 15 is 0 Å². The van der Waals surface area contributed by atoms with Gasteiger partial charge in [0, 0.05) is 12.3 Å². The maximum Gasteiger partial charge on any atom is 0.262 e. The molecule has 132 valence electrons. The van der Waals surface area contributed by atoms with Crippen molar-refractivity contribution >= 4 is 23.2 Å². The average Bonchev–Trinajstić information content (AvgIpc) is 3.24. The molecule has 0 saturated carbocycles. The zero-order valence-corrected chi connectivity index (χ0v) is 14.3. The van der Waals surface area contributed by atoms with Crippen LogP contribution in [0.25, 0.3) is 11.3 Å².